The number of para-hydroxylation sites is 1. The second-order valence-electron chi connectivity index (χ2n) is 7.03. The van der Waals surface area contributed by atoms with Crippen LogP contribution in [-0.2, 0) is 18.3 Å². The van der Waals surface area contributed by atoms with Gasteiger partial charge in [0.05, 0.1) is 36.2 Å². The molecule has 3 aromatic rings. The summed E-state index contributed by atoms with van der Waals surface area (Å²) in [5.41, 5.74) is 0.979. The summed E-state index contributed by atoms with van der Waals surface area (Å²) in [5.74, 6) is 0.751. The molecule has 2 heterocycles. The molecule has 0 radical (unpaired) electrons. The van der Waals surface area contributed by atoms with Gasteiger partial charge in [-0.25, -0.2) is 4.68 Å². The number of fused-ring (bicyclic) bond motifs is 1. The van der Waals surface area contributed by atoms with Crippen molar-refractivity contribution in [3.05, 3.63) is 77.6 Å². The number of aromatic nitrogens is 2. The number of hydrogen-bond acceptors (Lipinski definition) is 4. The third-order valence-electron chi connectivity index (χ3n) is 5.19. The first-order chi connectivity index (χ1) is 13.9. The number of nitrogens with zero attached hydrogens (tertiary/aromatic N) is 2. The molecule has 0 spiro atoms. The second-order valence-corrected chi connectivity index (χ2v) is 7.03. The Morgan fingerprint density at radius 1 is 1.14 bits per heavy atom. The number of rotatable bonds is 5. The molecule has 2 aromatic carbocycles. The van der Waals surface area contributed by atoms with Crippen LogP contribution in [0.4, 0.5) is 13.2 Å². The highest BCUT2D eigenvalue weighted by Gasteiger charge is 2.36. The molecule has 0 amide bonds. The van der Waals surface area contributed by atoms with Crippen molar-refractivity contribution >= 4 is 0 Å². The second kappa shape index (κ2) is 7.53. The largest absolute Gasteiger partial charge is 0.493 e. The van der Waals surface area contributed by atoms with Crippen LogP contribution in [0, 0.1) is 0 Å². The molecule has 152 valence electrons. The van der Waals surface area contributed by atoms with Gasteiger partial charge >= 0.3 is 6.18 Å². The highest BCUT2D eigenvalue weighted by Crippen LogP contribution is 2.36. The molecule has 1 aliphatic heterocycles. The van der Waals surface area contributed by atoms with E-state index < -0.39 is 17.3 Å². The molecule has 0 aliphatic carbocycles. The fourth-order valence-corrected chi connectivity index (χ4v) is 3.53. The molecule has 0 bridgehead atoms. The number of aliphatic hydroxyl groups excluding tert-OH is 1. The molecular weight excluding hydrogens is 383 g/mol. The minimum atomic E-state index is -4.36. The van der Waals surface area contributed by atoms with E-state index in [1.54, 1.807) is 12.4 Å². The van der Waals surface area contributed by atoms with Crippen molar-refractivity contribution in [2.24, 2.45) is 0 Å². The van der Waals surface area contributed by atoms with Gasteiger partial charge in [0.15, 0.2) is 0 Å². The summed E-state index contributed by atoms with van der Waals surface area (Å²) in [5, 5.41) is 17.8. The van der Waals surface area contributed by atoms with Crippen LogP contribution < -0.4 is 10.1 Å². The van der Waals surface area contributed by atoms with E-state index in [1.807, 2.05) is 24.3 Å². The number of alkyl halides is 3. The summed E-state index contributed by atoms with van der Waals surface area (Å²) >= 11 is 0. The van der Waals surface area contributed by atoms with E-state index in [4.69, 9.17) is 4.74 Å². The van der Waals surface area contributed by atoms with E-state index in [1.165, 1.54) is 16.8 Å². The SMILES string of the molecule is OCC1(NCc2cnn(-c3ccc(C(F)(F)F)cc3)c2)CCOc2ccccc21. The number of ether oxygens (including phenoxy) is 1. The Kier molecular flexibility index (Phi) is 5.06. The zero-order chi connectivity index (χ0) is 20.5. The monoisotopic (exact) mass is 403 g/mol. The number of halogens is 3. The van der Waals surface area contributed by atoms with E-state index in [-0.39, 0.29) is 6.61 Å². The van der Waals surface area contributed by atoms with Gasteiger partial charge in [0.1, 0.15) is 5.75 Å². The van der Waals surface area contributed by atoms with Crippen LogP contribution >= 0.6 is 0 Å². The van der Waals surface area contributed by atoms with Crippen LogP contribution in [0.1, 0.15) is 23.1 Å². The van der Waals surface area contributed by atoms with E-state index in [0.29, 0.717) is 25.3 Å². The number of hydrogen-bond donors (Lipinski definition) is 2. The lowest BCUT2D eigenvalue weighted by Gasteiger charge is -2.38. The average molecular weight is 403 g/mol. The molecule has 0 saturated carbocycles. The molecule has 1 aromatic heterocycles. The average Bonchev–Trinajstić information content (AvgIpc) is 3.21. The summed E-state index contributed by atoms with van der Waals surface area (Å²) in [4.78, 5) is 0. The van der Waals surface area contributed by atoms with Gasteiger partial charge in [-0.15, -0.1) is 0 Å². The zero-order valence-corrected chi connectivity index (χ0v) is 15.5. The third kappa shape index (κ3) is 3.86. The summed E-state index contributed by atoms with van der Waals surface area (Å²) in [6.07, 6.45) is -0.337. The van der Waals surface area contributed by atoms with Gasteiger partial charge < -0.3 is 15.2 Å². The molecule has 5 nitrogen and oxygen atoms in total. The summed E-state index contributed by atoms with van der Waals surface area (Å²) in [6, 6.07) is 12.5. The first-order valence-electron chi connectivity index (χ1n) is 9.21. The van der Waals surface area contributed by atoms with Gasteiger partial charge in [0, 0.05) is 30.3 Å². The summed E-state index contributed by atoms with van der Waals surface area (Å²) in [7, 11) is 0. The molecule has 29 heavy (non-hydrogen) atoms. The minimum Gasteiger partial charge on any atom is -0.493 e. The number of aliphatic hydroxyl groups is 1. The van der Waals surface area contributed by atoms with Crippen molar-refractivity contribution in [3.8, 4) is 11.4 Å². The molecule has 2 N–H and O–H groups in total. The molecule has 1 aliphatic rings. The van der Waals surface area contributed by atoms with Crippen molar-refractivity contribution in [1.82, 2.24) is 15.1 Å². The summed E-state index contributed by atoms with van der Waals surface area (Å²) in [6.45, 7) is 0.853. The van der Waals surface area contributed by atoms with Crippen LogP contribution in [0.25, 0.3) is 5.69 Å². The molecule has 8 heteroatoms. The Balaban J connectivity index is 1.50. The topological polar surface area (TPSA) is 59.3 Å². The summed E-state index contributed by atoms with van der Waals surface area (Å²) < 4.78 is 45.4. The molecule has 1 atom stereocenters. The highest BCUT2D eigenvalue weighted by molar-refractivity contribution is 5.41. The lowest BCUT2D eigenvalue weighted by Crippen LogP contribution is -2.48. The fraction of sp³-hybridized carbons (Fsp3) is 0.286. The minimum absolute atomic E-state index is 0.0829. The van der Waals surface area contributed by atoms with Crippen LogP contribution in [0.3, 0.4) is 0 Å². The van der Waals surface area contributed by atoms with E-state index in [0.717, 1.165) is 29.0 Å². The van der Waals surface area contributed by atoms with Crippen molar-refractivity contribution in [2.45, 2.75) is 24.7 Å². The number of nitrogens with one attached hydrogen (secondary N) is 1. The third-order valence-corrected chi connectivity index (χ3v) is 5.19. The van der Waals surface area contributed by atoms with Crippen LogP contribution in [-0.4, -0.2) is 28.1 Å². The van der Waals surface area contributed by atoms with Crippen molar-refractivity contribution in [2.75, 3.05) is 13.2 Å². The normalized spacial score (nSPS) is 18.9. The van der Waals surface area contributed by atoms with Crippen LogP contribution in [0.15, 0.2) is 60.9 Å². The molecule has 1 unspecified atom stereocenters. The van der Waals surface area contributed by atoms with Crippen molar-refractivity contribution in [1.29, 1.82) is 0 Å². The van der Waals surface area contributed by atoms with Gasteiger partial charge in [-0.3, -0.25) is 0 Å². The van der Waals surface area contributed by atoms with Gasteiger partial charge in [0.2, 0.25) is 0 Å². The standard InChI is InChI=1S/C21H20F3N3O2/c22-21(23,24)16-5-7-17(8-6-16)27-13-15(12-26-27)11-25-20(14-28)9-10-29-19-4-2-1-3-18(19)20/h1-8,12-13,25,28H,9-11,14H2. The number of benzene rings is 2. The lowest BCUT2D eigenvalue weighted by molar-refractivity contribution is -0.137. The zero-order valence-electron chi connectivity index (χ0n) is 15.5. The molecular formula is C21H20F3N3O2. The maximum Gasteiger partial charge on any atom is 0.416 e. The maximum atomic E-state index is 12.7. The van der Waals surface area contributed by atoms with E-state index in [2.05, 4.69) is 10.4 Å². The fourth-order valence-electron chi connectivity index (χ4n) is 3.53. The predicted octanol–water partition coefficient (Wildman–Crippen LogP) is 3.65. The Hall–Kier alpha value is -2.84. The smallest absolute Gasteiger partial charge is 0.416 e. The van der Waals surface area contributed by atoms with Gasteiger partial charge in [0.25, 0.3) is 0 Å². The molecule has 4 rings (SSSR count). The Bertz CT molecular complexity index is 985. The first kappa shape index (κ1) is 19.5. The Morgan fingerprint density at radius 2 is 1.90 bits per heavy atom. The molecule has 0 saturated heterocycles. The molecule has 0 fully saturated rings. The Morgan fingerprint density at radius 3 is 2.62 bits per heavy atom. The van der Waals surface area contributed by atoms with E-state index in [9.17, 15) is 18.3 Å². The quantitative estimate of drug-likeness (QED) is 0.683. The van der Waals surface area contributed by atoms with Crippen molar-refractivity contribution < 1.29 is 23.0 Å². The van der Waals surface area contributed by atoms with Crippen molar-refractivity contribution in [3.63, 3.8) is 0 Å². The predicted molar refractivity (Wildman–Crippen MR) is 101 cm³/mol. The lowest BCUT2D eigenvalue weighted by atomic mass is 9.85. The first-order valence-corrected chi connectivity index (χ1v) is 9.21. The van der Waals surface area contributed by atoms with Gasteiger partial charge in [-0.1, -0.05) is 18.2 Å². The van der Waals surface area contributed by atoms with Crippen LogP contribution in [0.2, 0.25) is 0 Å². The van der Waals surface area contributed by atoms with E-state index >= 15 is 0 Å². The van der Waals surface area contributed by atoms with Gasteiger partial charge in [-0.2, -0.15) is 18.3 Å². The Labute approximate surface area is 165 Å². The highest BCUT2D eigenvalue weighted by atomic mass is 19.4. The van der Waals surface area contributed by atoms with Crippen LogP contribution in [0.5, 0.6) is 5.75 Å². The van der Waals surface area contributed by atoms with Gasteiger partial charge in [-0.05, 0) is 30.3 Å². The maximum absolute atomic E-state index is 12.7.